The normalized spacial score (nSPS) is 16.4. The largest absolute Gasteiger partial charge is 0.495 e. The van der Waals surface area contributed by atoms with Crippen LogP contribution in [0.4, 0.5) is 10.5 Å². The molecule has 1 aliphatic rings. The molecule has 0 aliphatic carbocycles. The fourth-order valence-corrected chi connectivity index (χ4v) is 3.42. The van der Waals surface area contributed by atoms with Crippen molar-refractivity contribution in [2.24, 2.45) is 5.92 Å². The molecule has 2 aromatic carbocycles. The van der Waals surface area contributed by atoms with Crippen LogP contribution in [0.3, 0.4) is 0 Å². The lowest BCUT2D eigenvalue weighted by atomic mass is 9.97. The molecule has 6 heteroatoms. The summed E-state index contributed by atoms with van der Waals surface area (Å²) in [5.74, 6) is 0.318. The van der Waals surface area contributed by atoms with Gasteiger partial charge in [0.05, 0.1) is 18.7 Å². The summed E-state index contributed by atoms with van der Waals surface area (Å²) in [5, 5.41) is 5.91. The molecule has 1 atom stereocenters. The molecule has 28 heavy (non-hydrogen) atoms. The lowest BCUT2D eigenvalue weighted by Crippen LogP contribution is -2.47. The average Bonchev–Trinajstić information content (AvgIpc) is 2.73. The maximum atomic E-state index is 12.8. The molecule has 1 unspecified atom stereocenters. The predicted molar refractivity (Wildman–Crippen MR) is 109 cm³/mol. The van der Waals surface area contributed by atoms with Gasteiger partial charge in [0.25, 0.3) is 0 Å². The quantitative estimate of drug-likeness (QED) is 0.832. The minimum atomic E-state index is -0.235. The van der Waals surface area contributed by atoms with Gasteiger partial charge in [-0.25, -0.2) is 4.79 Å². The van der Waals surface area contributed by atoms with E-state index >= 15 is 0 Å². The summed E-state index contributed by atoms with van der Waals surface area (Å²) in [7, 11) is 1.58. The topological polar surface area (TPSA) is 70.7 Å². The molecule has 0 aromatic heterocycles. The van der Waals surface area contributed by atoms with E-state index in [1.807, 2.05) is 55.5 Å². The highest BCUT2D eigenvalue weighted by Gasteiger charge is 2.28. The molecular weight excluding hydrogens is 354 g/mol. The fourth-order valence-electron chi connectivity index (χ4n) is 3.42. The lowest BCUT2D eigenvalue weighted by molar-refractivity contribution is -0.121. The van der Waals surface area contributed by atoms with Gasteiger partial charge in [-0.1, -0.05) is 36.4 Å². The Labute approximate surface area is 165 Å². The second kappa shape index (κ2) is 9.26. The van der Waals surface area contributed by atoms with Crippen molar-refractivity contribution in [3.63, 3.8) is 0 Å². The monoisotopic (exact) mass is 381 g/mol. The number of methoxy groups -OCH3 is 1. The molecule has 6 nitrogen and oxygen atoms in total. The van der Waals surface area contributed by atoms with Crippen molar-refractivity contribution in [3.05, 3.63) is 59.7 Å². The van der Waals surface area contributed by atoms with E-state index < -0.39 is 0 Å². The molecule has 1 aliphatic heterocycles. The van der Waals surface area contributed by atoms with E-state index in [-0.39, 0.29) is 17.9 Å². The summed E-state index contributed by atoms with van der Waals surface area (Å²) >= 11 is 0. The van der Waals surface area contributed by atoms with Crippen LogP contribution in [-0.4, -0.2) is 37.0 Å². The van der Waals surface area contributed by atoms with Crippen molar-refractivity contribution in [2.75, 3.05) is 25.5 Å². The molecule has 2 aromatic rings. The number of hydrogen-bond acceptors (Lipinski definition) is 3. The SMILES string of the molecule is COc1ccc(C)cc1NC(=O)C1CCCN(C(=O)NCc2ccccc2)C1. The van der Waals surface area contributed by atoms with E-state index in [0.29, 0.717) is 31.1 Å². The van der Waals surface area contributed by atoms with Crippen molar-refractivity contribution in [1.82, 2.24) is 10.2 Å². The van der Waals surface area contributed by atoms with Gasteiger partial charge in [0.1, 0.15) is 5.75 Å². The number of carbonyl (C=O) groups excluding carboxylic acids is 2. The van der Waals surface area contributed by atoms with Gasteiger partial charge in [-0.05, 0) is 43.0 Å². The van der Waals surface area contributed by atoms with Crippen molar-refractivity contribution in [1.29, 1.82) is 0 Å². The van der Waals surface area contributed by atoms with Crippen LogP contribution in [0.25, 0.3) is 0 Å². The minimum absolute atomic E-state index is 0.0792. The molecular formula is C22H27N3O3. The number of nitrogens with zero attached hydrogens (tertiary/aromatic N) is 1. The van der Waals surface area contributed by atoms with E-state index in [1.54, 1.807) is 12.0 Å². The van der Waals surface area contributed by atoms with Crippen molar-refractivity contribution in [2.45, 2.75) is 26.3 Å². The molecule has 0 radical (unpaired) electrons. The lowest BCUT2D eigenvalue weighted by Gasteiger charge is -2.32. The zero-order valence-electron chi connectivity index (χ0n) is 16.4. The second-order valence-corrected chi connectivity index (χ2v) is 7.12. The number of likely N-dealkylation sites (tertiary alicyclic amines) is 1. The third-order valence-corrected chi connectivity index (χ3v) is 4.98. The van der Waals surface area contributed by atoms with E-state index in [1.165, 1.54) is 0 Å². The summed E-state index contributed by atoms with van der Waals surface area (Å²) in [6, 6.07) is 15.3. The molecule has 3 amide bonds. The highest BCUT2D eigenvalue weighted by Crippen LogP contribution is 2.27. The van der Waals surface area contributed by atoms with Gasteiger partial charge in [-0.15, -0.1) is 0 Å². The van der Waals surface area contributed by atoms with Crippen molar-refractivity contribution in [3.8, 4) is 5.75 Å². The Bertz CT molecular complexity index is 823. The van der Waals surface area contributed by atoms with Gasteiger partial charge in [0.2, 0.25) is 5.91 Å². The minimum Gasteiger partial charge on any atom is -0.495 e. The summed E-state index contributed by atoms with van der Waals surface area (Å²) in [6.45, 7) is 3.53. The number of aryl methyl sites for hydroxylation is 1. The third kappa shape index (κ3) is 5.03. The maximum Gasteiger partial charge on any atom is 0.317 e. The van der Waals surface area contributed by atoms with Gasteiger partial charge >= 0.3 is 6.03 Å². The number of amides is 3. The second-order valence-electron chi connectivity index (χ2n) is 7.12. The van der Waals surface area contributed by atoms with Crippen LogP contribution < -0.4 is 15.4 Å². The summed E-state index contributed by atoms with van der Waals surface area (Å²) < 4.78 is 5.33. The van der Waals surface area contributed by atoms with Crippen LogP contribution >= 0.6 is 0 Å². The number of nitrogens with one attached hydrogen (secondary N) is 2. The Morgan fingerprint density at radius 2 is 1.96 bits per heavy atom. The standard InChI is InChI=1S/C22H27N3O3/c1-16-10-11-20(28-2)19(13-16)24-21(26)18-9-6-12-25(15-18)22(27)23-14-17-7-4-3-5-8-17/h3-5,7-8,10-11,13,18H,6,9,12,14-15H2,1-2H3,(H,23,27)(H,24,26). The number of anilines is 1. The van der Waals surface area contributed by atoms with Crippen LogP contribution in [0, 0.1) is 12.8 Å². The Morgan fingerprint density at radius 1 is 1.18 bits per heavy atom. The highest BCUT2D eigenvalue weighted by molar-refractivity contribution is 5.94. The molecule has 0 spiro atoms. The van der Waals surface area contributed by atoms with Gasteiger partial charge in [-0.2, -0.15) is 0 Å². The molecule has 1 fully saturated rings. The number of benzene rings is 2. The fraction of sp³-hybridized carbons (Fsp3) is 0.364. The zero-order valence-corrected chi connectivity index (χ0v) is 16.4. The Balaban J connectivity index is 1.57. The van der Waals surface area contributed by atoms with E-state index in [9.17, 15) is 9.59 Å². The van der Waals surface area contributed by atoms with Crippen LogP contribution in [0.15, 0.2) is 48.5 Å². The van der Waals surface area contributed by atoms with Crippen LogP contribution in [0.2, 0.25) is 0 Å². The number of carbonyl (C=O) groups is 2. The first-order valence-corrected chi connectivity index (χ1v) is 9.59. The van der Waals surface area contributed by atoms with Crippen molar-refractivity contribution < 1.29 is 14.3 Å². The van der Waals surface area contributed by atoms with E-state index in [4.69, 9.17) is 4.74 Å². The van der Waals surface area contributed by atoms with Gasteiger partial charge in [0.15, 0.2) is 0 Å². The number of rotatable bonds is 5. The van der Waals surface area contributed by atoms with Gasteiger partial charge in [0, 0.05) is 19.6 Å². The molecule has 1 heterocycles. The van der Waals surface area contributed by atoms with E-state index in [0.717, 1.165) is 24.0 Å². The zero-order chi connectivity index (χ0) is 19.9. The first kappa shape index (κ1) is 19.7. The molecule has 0 bridgehead atoms. The maximum absolute atomic E-state index is 12.8. The number of urea groups is 1. The Kier molecular flexibility index (Phi) is 6.53. The molecule has 2 N–H and O–H groups in total. The Morgan fingerprint density at radius 3 is 2.71 bits per heavy atom. The van der Waals surface area contributed by atoms with Crippen LogP contribution in [0.5, 0.6) is 5.75 Å². The molecule has 1 saturated heterocycles. The first-order valence-electron chi connectivity index (χ1n) is 9.59. The van der Waals surface area contributed by atoms with E-state index in [2.05, 4.69) is 10.6 Å². The molecule has 3 rings (SSSR count). The summed E-state index contributed by atoms with van der Waals surface area (Å²) in [5.41, 5.74) is 2.76. The third-order valence-electron chi connectivity index (χ3n) is 4.98. The Hall–Kier alpha value is -3.02. The number of ether oxygens (including phenoxy) is 1. The van der Waals surface area contributed by atoms with Crippen molar-refractivity contribution >= 4 is 17.6 Å². The van der Waals surface area contributed by atoms with Crippen LogP contribution in [0.1, 0.15) is 24.0 Å². The predicted octanol–water partition coefficient (Wildman–Crippen LogP) is 3.56. The highest BCUT2D eigenvalue weighted by atomic mass is 16.5. The summed E-state index contributed by atoms with van der Waals surface area (Å²) in [4.78, 5) is 27.0. The summed E-state index contributed by atoms with van der Waals surface area (Å²) in [6.07, 6.45) is 1.57. The van der Waals surface area contributed by atoms with Gasteiger partial charge in [-0.3, -0.25) is 4.79 Å². The van der Waals surface area contributed by atoms with Crippen LogP contribution in [-0.2, 0) is 11.3 Å². The number of hydrogen-bond donors (Lipinski definition) is 2. The number of piperidine rings is 1. The molecule has 148 valence electrons. The smallest absolute Gasteiger partial charge is 0.317 e. The van der Waals surface area contributed by atoms with Gasteiger partial charge < -0.3 is 20.3 Å². The molecule has 0 saturated carbocycles. The average molecular weight is 381 g/mol. The first-order chi connectivity index (χ1) is 13.6.